The highest BCUT2D eigenvalue weighted by Crippen LogP contribution is 2.25. The van der Waals surface area contributed by atoms with Crippen LogP contribution in [0.25, 0.3) is 10.9 Å². The van der Waals surface area contributed by atoms with Crippen molar-refractivity contribution in [2.24, 2.45) is 0 Å². The van der Waals surface area contributed by atoms with Crippen molar-refractivity contribution < 1.29 is 13.2 Å². The molecule has 2 N–H and O–H groups in total. The summed E-state index contributed by atoms with van der Waals surface area (Å²) < 4.78 is 26.1. The molecule has 1 aliphatic rings. The molecule has 0 atom stereocenters. The second-order valence-corrected chi connectivity index (χ2v) is 9.88. The van der Waals surface area contributed by atoms with E-state index in [1.54, 1.807) is 18.5 Å². The normalized spacial score (nSPS) is 14.2. The summed E-state index contributed by atoms with van der Waals surface area (Å²) in [5.41, 5.74) is 2.76. The summed E-state index contributed by atoms with van der Waals surface area (Å²) in [5.74, 6) is 0.289. The van der Waals surface area contributed by atoms with Gasteiger partial charge in [0, 0.05) is 44.2 Å². The number of carbonyl (C=O) groups is 1. The second kappa shape index (κ2) is 9.28. The first kappa shape index (κ1) is 22.9. The first-order valence-electron chi connectivity index (χ1n) is 10.4. The number of sulfonamides is 1. The van der Waals surface area contributed by atoms with Gasteiger partial charge in [-0.25, -0.2) is 23.1 Å². The second-order valence-electron chi connectivity index (χ2n) is 7.81. The fourth-order valence-corrected chi connectivity index (χ4v) is 4.99. The number of aromatic nitrogens is 2. The summed E-state index contributed by atoms with van der Waals surface area (Å²) in [6, 6.07) is 12.3. The van der Waals surface area contributed by atoms with E-state index in [-0.39, 0.29) is 4.90 Å². The summed E-state index contributed by atoms with van der Waals surface area (Å²) in [7, 11) is -3.86. The SMILES string of the molecule is CC(=O)NS(=O)(=O)c1ccc(NC(=S)N2CCN(c3ncnc4cc(C)ccc34)CC2)cc1. The molecular formula is C22H24N6O3S2. The van der Waals surface area contributed by atoms with Crippen LogP contribution in [-0.2, 0) is 14.8 Å². The molecule has 11 heteroatoms. The molecule has 2 heterocycles. The Morgan fingerprint density at radius 2 is 1.73 bits per heavy atom. The monoisotopic (exact) mass is 484 g/mol. The molecule has 1 amide bonds. The first-order chi connectivity index (χ1) is 15.7. The van der Waals surface area contributed by atoms with E-state index in [4.69, 9.17) is 12.2 Å². The average molecular weight is 485 g/mol. The van der Waals surface area contributed by atoms with E-state index < -0.39 is 15.9 Å². The number of nitrogens with one attached hydrogen (secondary N) is 2. The number of nitrogens with zero attached hydrogens (tertiary/aromatic N) is 4. The molecule has 4 rings (SSSR count). The fraction of sp³-hybridized carbons (Fsp3) is 0.273. The summed E-state index contributed by atoms with van der Waals surface area (Å²) >= 11 is 5.56. The Bertz CT molecular complexity index is 1300. The van der Waals surface area contributed by atoms with Crippen LogP contribution in [0.15, 0.2) is 53.7 Å². The number of hydrogen-bond acceptors (Lipinski definition) is 7. The maximum Gasteiger partial charge on any atom is 0.264 e. The van der Waals surface area contributed by atoms with E-state index in [0.29, 0.717) is 10.8 Å². The van der Waals surface area contributed by atoms with Gasteiger partial charge in [0.25, 0.3) is 10.0 Å². The van der Waals surface area contributed by atoms with E-state index in [0.717, 1.165) is 55.4 Å². The molecule has 1 saturated heterocycles. The Kier molecular flexibility index (Phi) is 6.43. The zero-order chi connectivity index (χ0) is 23.6. The van der Waals surface area contributed by atoms with Gasteiger partial charge in [-0.2, -0.15) is 0 Å². The van der Waals surface area contributed by atoms with E-state index in [1.165, 1.54) is 12.1 Å². The fourth-order valence-electron chi connectivity index (χ4n) is 3.69. The minimum Gasteiger partial charge on any atom is -0.352 e. The largest absolute Gasteiger partial charge is 0.352 e. The Balaban J connectivity index is 1.38. The molecule has 1 aliphatic heterocycles. The third kappa shape index (κ3) is 5.20. The highest BCUT2D eigenvalue weighted by atomic mass is 32.2. The van der Waals surface area contributed by atoms with Crippen LogP contribution >= 0.6 is 12.2 Å². The van der Waals surface area contributed by atoms with Gasteiger partial charge in [-0.1, -0.05) is 6.07 Å². The minimum atomic E-state index is -3.86. The lowest BCUT2D eigenvalue weighted by atomic mass is 10.1. The van der Waals surface area contributed by atoms with Crippen molar-refractivity contribution in [1.82, 2.24) is 19.6 Å². The molecule has 1 aromatic heterocycles. The summed E-state index contributed by atoms with van der Waals surface area (Å²) in [6.07, 6.45) is 1.60. The maximum atomic E-state index is 12.1. The average Bonchev–Trinajstić information content (AvgIpc) is 2.78. The molecule has 0 bridgehead atoms. The number of benzene rings is 2. The molecule has 0 aliphatic carbocycles. The Morgan fingerprint density at radius 3 is 2.39 bits per heavy atom. The standard InChI is InChI=1S/C22H24N6O3S2/c1-15-3-8-19-20(13-15)23-14-24-21(19)27-9-11-28(12-10-27)22(32)25-17-4-6-18(7-5-17)33(30,31)26-16(2)29/h3-8,13-14H,9-12H2,1-2H3,(H,25,32)(H,26,29). The van der Waals surface area contributed by atoms with Crippen molar-refractivity contribution in [2.45, 2.75) is 18.7 Å². The Labute approximate surface area is 197 Å². The highest BCUT2D eigenvalue weighted by molar-refractivity contribution is 7.90. The third-order valence-corrected chi connectivity index (χ3v) is 7.14. The van der Waals surface area contributed by atoms with Gasteiger partial charge in [0.05, 0.1) is 10.4 Å². The van der Waals surface area contributed by atoms with Crippen molar-refractivity contribution in [3.8, 4) is 0 Å². The zero-order valence-electron chi connectivity index (χ0n) is 18.3. The lowest BCUT2D eigenvalue weighted by Gasteiger charge is -2.37. The summed E-state index contributed by atoms with van der Waals surface area (Å²) in [4.78, 5) is 24.3. The Hall–Kier alpha value is -3.31. The van der Waals surface area contributed by atoms with Crippen molar-refractivity contribution in [3.63, 3.8) is 0 Å². The van der Waals surface area contributed by atoms with Crippen LogP contribution in [0.3, 0.4) is 0 Å². The zero-order valence-corrected chi connectivity index (χ0v) is 19.9. The van der Waals surface area contributed by atoms with Crippen LogP contribution in [0.1, 0.15) is 12.5 Å². The molecule has 3 aromatic rings. The molecule has 9 nitrogen and oxygen atoms in total. The quantitative estimate of drug-likeness (QED) is 0.539. The van der Waals surface area contributed by atoms with Crippen molar-refractivity contribution >= 4 is 55.7 Å². The van der Waals surface area contributed by atoms with Gasteiger partial charge in [-0.05, 0) is 61.1 Å². The lowest BCUT2D eigenvalue weighted by Crippen LogP contribution is -2.50. The van der Waals surface area contributed by atoms with E-state index in [1.807, 2.05) is 11.6 Å². The smallest absolute Gasteiger partial charge is 0.264 e. The number of carbonyl (C=O) groups excluding carboxylic acids is 1. The Morgan fingerprint density at radius 1 is 1.03 bits per heavy atom. The number of hydrogen-bond donors (Lipinski definition) is 2. The van der Waals surface area contributed by atoms with Gasteiger partial charge in [-0.15, -0.1) is 0 Å². The highest BCUT2D eigenvalue weighted by Gasteiger charge is 2.22. The van der Waals surface area contributed by atoms with Crippen molar-refractivity contribution in [3.05, 3.63) is 54.4 Å². The molecular weight excluding hydrogens is 460 g/mol. The van der Waals surface area contributed by atoms with Gasteiger partial charge in [-0.3, -0.25) is 4.79 Å². The van der Waals surface area contributed by atoms with Crippen LogP contribution < -0.4 is 14.9 Å². The van der Waals surface area contributed by atoms with Crippen LogP contribution in [-0.4, -0.2) is 60.5 Å². The number of piperazine rings is 1. The van der Waals surface area contributed by atoms with E-state index in [9.17, 15) is 13.2 Å². The van der Waals surface area contributed by atoms with Gasteiger partial charge in [0.2, 0.25) is 5.91 Å². The van der Waals surface area contributed by atoms with Crippen molar-refractivity contribution in [2.75, 3.05) is 36.4 Å². The van der Waals surface area contributed by atoms with Crippen LogP contribution in [0.4, 0.5) is 11.5 Å². The number of anilines is 2. The third-order valence-electron chi connectivity index (χ3n) is 5.33. The van der Waals surface area contributed by atoms with Crippen molar-refractivity contribution in [1.29, 1.82) is 0 Å². The molecule has 0 unspecified atom stereocenters. The van der Waals surface area contributed by atoms with E-state index >= 15 is 0 Å². The predicted octanol–water partition coefficient (Wildman–Crippen LogP) is 2.28. The number of thiocarbonyl (C=S) groups is 1. The summed E-state index contributed by atoms with van der Waals surface area (Å²) in [5, 5.41) is 4.75. The lowest BCUT2D eigenvalue weighted by molar-refractivity contribution is -0.117. The molecule has 1 fully saturated rings. The topological polar surface area (TPSA) is 108 Å². The van der Waals surface area contributed by atoms with Gasteiger partial charge in [0.1, 0.15) is 12.1 Å². The minimum absolute atomic E-state index is 0.00931. The molecule has 0 spiro atoms. The molecule has 2 aromatic carbocycles. The molecule has 172 valence electrons. The molecule has 0 saturated carbocycles. The van der Waals surface area contributed by atoms with E-state index in [2.05, 4.69) is 43.3 Å². The number of amides is 1. The first-order valence-corrected chi connectivity index (χ1v) is 12.3. The van der Waals surface area contributed by atoms with Crippen LogP contribution in [0, 0.1) is 6.92 Å². The molecule has 0 radical (unpaired) electrons. The summed E-state index contributed by atoms with van der Waals surface area (Å²) in [6.45, 7) is 6.16. The van der Waals surface area contributed by atoms with Crippen LogP contribution in [0.5, 0.6) is 0 Å². The maximum absolute atomic E-state index is 12.1. The number of aryl methyl sites for hydroxylation is 1. The number of rotatable bonds is 4. The molecule has 33 heavy (non-hydrogen) atoms. The van der Waals surface area contributed by atoms with Gasteiger partial charge in [0.15, 0.2) is 5.11 Å². The van der Waals surface area contributed by atoms with Gasteiger partial charge >= 0.3 is 0 Å². The number of fused-ring (bicyclic) bond motifs is 1. The van der Waals surface area contributed by atoms with Crippen LogP contribution in [0.2, 0.25) is 0 Å². The van der Waals surface area contributed by atoms with Gasteiger partial charge < -0.3 is 15.1 Å². The predicted molar refractivity (Wildman–Crippen MR) is 132 cm³/mol.